The summed E-state index contributed by atoms with van der Waals surface area (Å²) < 4.78 is 0. The molecule has 1 atom stereocenters. The fourth-order valence-corrected chi connectivity index (χ4v) is 3.20. The van der Waals surface area contributed by atoms with Crippen LogP contribution in [0.2, 0.25) is 0 Å². The van der Waals surface area contributed by atoms with Crippen molar-refractivity contribution in [3.8, 4) is 0 Å². The summed E-state index contributed by atoms with van der Waals surface area (Å²) in [6.07, 6.45) is 4.92. The Labute approximate surface area is 126 Å². The largest absolute Gasteiger partial charge is 0.481 e. The van der Waals surface area contributed by atoms with Gasteiger partial charge in [0.1, 0.15) is 0 Å². The highest BCUT2D eigenvalue weighted by atomic mass is 16.4. The molecule has 2 heterocycles. The van der Waals surface area contributed by atoms with E-state index in [0.29, 0.717) is 26.1 Å². The Morgan fingerprint density at radius 1 is 1.19 bits per heavy atom. The van der Waals surface area contributed by atoms with E-state index in [1.54, 1.807) is 11.8 Å². The molecule has 21 heavy (non-hydrogen) atoms. The van der Waals surface area contributed by atoms with Crippen LogP contribution >= 0.6 is 0 Å². The average molecular weight is 297 g/mol. The summed E-state index contributed by atoms with van der Waals surface area (Å²) in [6.45, 7) is 6.74. The molecule has 0 radical (unpaired) electrons. The van der Waals surface area contributed by atoms with Gasteiger partial charge in [0.25, 0.3) is 0 Å². The number of hydrogen-bond donors (Lipinski definition) is 2. The van der Waals surface area contributed by atoms with Crippen molar-refractivity contribution in [3.63, 3.8) is 0 Å². The maximum atomic E-state index is 12.1. The van der Waals surface area contributed by atoms with Gasteiger partial charge in [0.2, 0.25) is 0 Å². The number of carboxylic acid groups (broad SMARTS) is 1. The van der Waals surface area contributed by atoms with Crippen molar-refractivity contribution in [3.05, 3.63) is 0 Å². The molecule has 6 heteroatoms. The maximum Gasteiger partial charge on any atom is 0.317 e. The Hall–Kier alpha value is -1.30. The number of amides is 2. The number of urea groups is 1. The van der Waals surface area contributed by atoms with Crippen LogP contribution in [0.3, 0.4) is 0 Å². The van der Waals surface area contributed by atoms with Gasteiger partial charge in [-0.1, -0.05) is 0 Å². The highest BCUT2D eigenvalue weighted by Crippen LogP contribution is 2.29. The number of carbonyl (C=O) groups is 2. The lowest BCUT2D eigenvalue weighted by Gasteiger charge is -2.37. The van der Waals surface area contributed by atoms with Crippen molar-refractivity contribution in [2.75, 3.05) is 39.3 Å². The number of hydrogen-bond acceptors (Lipinski definition) is 3. The Morgan fingerprint density at radius 2 is 1.90 bits per heavy atom. The highest BCUT2D eigenvalue weighted by Gasteiger charge is 2.39. The lowest BCUT2D eigenvalue weighted by Crippen LogP contribution is -2.51. The molecule has 0 saturated carbocycles. The summed E-state index contributed by atoms with van der Waals surface area (Å²) in [7, 11) is 0. The summed E-state index contributed by atoms with van der Waals surface area (Å²) in [4.78, 5) is 27.5. The molecule has 2 N–H and O–H groups in total. The molecule has 2 fully saturated rings. The van der Waals surface area contributed by atoms with Crippen LogP contribution < -0.4 is 5.32 Å². The fourth-order valence-electron chi connectivity index (χ4n) is 3.20. The van der Waals surface area contributed by atoms with Crippen LogP contribution in [-0.4, -0.2) is 66.2 Å². The zero-order valence-electron chi connectivity index (χ0n) is 12.9. The average Bonchev–Trinajstić information content (AvgIpc) is 2.96. The number of piperidine rings is 1. The second kappa shape index (κ2) is 7.11. The molecule has 0 aliphatic carbocycles. The van der Waals surface area contributed by atoms with Crippen molar-refractivity contribution in [1.82, 2.24) is 15.1 Å². The van der Waals surface area contributed by atoms with Crippen LogP contribution in [0.1, 0.15) is 39.0 Å². The first-order valence-corrected chi connectivity index (χ1v) is 8.00. The topological polar surface area (TPSA) is 72.9 Å². The first-order valence-electron chi connectivity index (χ1n) is 8.00. The number of nitrogens with zero attached hydrogens (tertiary/aromatic N) is 2. The van der Waals surface area contributed by atoms with Crippen LogP contribution in [-0.2, 0) is 4.79 Å². The number of carbonyl (C=O) groups excluding carboxylic acids is 1. The van der Waals surface area contributed by atoms with Gasteiger partial charge in [0.05, 0.1) is 5.41 Å². The summed E-state index contributed by atoms with van der Waals surface area (Å²) in [6, 6.07) is -0.122. The third kappa shape index (κ3) is 4.33. The number of rotatable bonds is 5. The third-order valence-electron chi connectivity index (χ3n) is 4.63. The molecule has 120 valence electrons. The molecule has 0 bridgehead atoms. The minimum Gasteiger partial charge on any atom is -0.481 e. The summed E-state index contributed by atoms with van der Waals surface area (Å²) >= 11 is 0. The summed E-state index contributed by atoms with van der Waals surface area (Å²) in [5.74, 6) is -0.811. The predicted molar refractivity (Wildman–Crippen MR) is 80.2 cm³/mol. The fraction of sp³-hybridized carbons (Fsp3) is 0.867. The molecule has 0 spiro atoms. The standard InChI is InChI=1S/C15H27N3O3/c1-15(13(19)20)6-4-11-18(12-15)14(21)16-7-5-10-17-8-2-3-9-17/h2-12H2,1H3,(H,16,21)(H,19,20). The highest BCUT2D eigenvalue weighted by molar-refractivity contribution is 5.78. The molecule has 2 rings (SSSR count). The maximum absolute atomic E-state index is 12.1. The van der Waals surface area contributed by atoms with Crippen LogP contribution in [0, 0.1) is 5.41 Å². The molecule has 0 aromatic heterocycles. The van der Waals surface area contributed by atoms with Gasteiger partial charge < -0.3 is 20.2 Å². The quantitative estimate of drug-likeness (QED) is 0.752. The van der Waals surface area contributed by atoms with Gasteiger partial charge >= 0.3 is 12.0 Å². The molecule has 0 aromatic rings. The van der Waals surface area contributed by atoms with Crippen molar-refractivity contribution in [1.29, 1.82) is 0 Å². The minimum atomic E-state index is -0.811. The molecular formula is C15H27N3O3. The van der Waals surface area contributed by atoms with Gasteiger partial charge in [0, 0.05) is 19.6 Å². The van der Waals surface area contributed by atoms with Crippen LogP contribution in [0.5, 0.6) is 0 Å². The Balaban J connectivity index is 1.68. The Morgan fingerprint density at radius 3 is 2.57 bits per heavy atom. The Bertz CT molecular complexity index is 382. The molecule has 6 nitrogen and oxygen atoms in total. The van der Waals surface area contributed by atoms with Gasteiger partial charge in [-0.3, -0.25) is 4.79 Å². The van der Waals surface area contributed by atoms with Gasteiger partial charge in [-0.05, 0) is 58.7 Å². The van der Waals surface area contributed by atoms with E-state index in [9.17, 15) is 14.7 Å². The normalized spacial score (nSPS) is 26.8. The van der Waals surface area contributed by atoms with Crippen LogP contribution in [0.15, 0.2) is 0 Å². The lowest BCUT2D eigenvalue weighted by molar-refractivity contribution is -0.150. The van der Waals surface area contributed by atoms with Crippen molar-refractivity contribution in [2.24, 2.45) is 5.41 Å². The number of carboxylic acids is 1. The van der Waals surface area contributed by atoms with E-state index in [-0.39, 0.29) is 6.03 Å². The van der Waals surface area contributed by atoms with Gasteiger partial charge in [-0.15, -0.1) is 0 Å². The summed E-state index contributed by atoms with van der Waals surface area (Å²) in [5, 5.41) is 12.2. The van der Waals surface area contributed by atoms with Gasteiger partial charge in [0.15, 0.2) is 0 Å². The predicted octanol–water partition coefficient (Wildman–Crippen LogP) is 1.37. The van der Waals surface area contributed by atoms with Crippen molar-refractivity contribution >= 4 is 12.0 Å². The van der Waals surface area contributed by atoms with Crippen molar-refractivity contribution in [2.45, 2.75) is 39.0 Å². The minimum absolute atomic E-state index is 0.122. The molecule has 1 unspecified atom stereocenters. The zero-order chi connectivity index (χ0) is 15.3. The monoisotopic (exact) mass is 297 g/mol. The summed E-state index contributed by atoms with van der Waals surface area (Å²) in [5.41, 5.74) is -0.800. The molecule has 0 aromatic carbocycles. The number of likely N-dealkylation sites (tertiary alicyclic amines) is 2. The number of nitrogens with one attached hydrogen (secondary N) is 1. The second-order valence-corrected chi connectivity index (χ2v) is 6.53. The van der Waals surface area contributed by atoms with Gasteiger partial charge in [-0.25, -0.2) is 4.79 Å². The van der Waals surface area contributed by atoms with E-state index in [2.05, 4.69) is 10.2 Å². The van der Waals surface area contributed by atoms with E-state index in [0.717, 1.165) is 19.4 Å². The van der Waals surface area contributed by atoms with Crippen LogP contribution in [0.25, 0.3) is 0 Å². The Kier molecular flexibility index (Phi) is 5.45. The first kappa shape index (κ1) is 16.1. The van der Waals surface area contributed by atoms with E-state index in [1.165, 1.54) is 25.9 Å². The van der Waals surface area contributed by atoms with E-state index in [4.69, 9.17) is 0 Å². The molecule has 2 aliphatic heterocycles. The molecule has 2 aliphatic rings. The van der Waals surface area contributed by atoms with E-state index < -0.39 is 11.4 Å². The molecular weight excluding hydrogens is 270 g/mol. The number of aliphatic carboxylic acids is 1. The van der Waals surface area contributed by atoms with Crippen molar-refractivity contribution < 1.29 is 14.7 Å². The lowest BCUT2D eigenvalue weighted by atomic mass is 9.82. The van der Waals surface area contributed by atoms with Gasteiger partial charge in [-0.2, -0.15) is 0 Å². The van der Waals surface area contributed by atoms with E-state index in [1.807, 2.05) is 0 Å². The molecule has 2 amide bonds. The third-order valence-corrected chi connectivity index (χ3v) is 4.63. The second-order valence-electron chi connectivity index (χ2n) is 6.53. The molecule has 2 saturated heterocycles. The smallest absolute Gasteiger partial charge is 0.317 e. The first-order chi connectivity index (χ1) is 10.0. The SMILES string of the molecule is CC1(C(=O)O)CCCN(C(=O)NCCCN2CCCC2)C1. The van der Waals surface area contributed by atoms with E-state index >= 15 is 0 Å². The zero-order valence-corrected chi connectivity index (χ0v) is 12.9. The van der Waals surface area contributed by atoms with Crippen LogP contribution in [0.4, 0.5) is 4.79 Å².